The summed E-state index contributed by atoms with van der Waals surface area (Å²) in [5.74, 6) is -0.157. The number of hydrogen-bond acceptors (Lipinski definition) is 3. The molecule has 160 valence electrons. The number of carboxylic acid groups (broad SMARTS) is 1. The van der Waals surface area contributed by atoms with Crippen LogP contribution in [0.1, 0.15) is 68.4 Å². The molecule has 0 radical (unpaired) electrons. The van der Waals surface area contributed by atoms with Gasteiger partial charge in [0.25, 0.3) is 0 Å². The summed E-state index contributed by atoms with van der Waals surface area (Å²) in [6, 6.07) is 12.6. The van der Waals surface area contributed by atoms with E-state index in [1.54, 1.807) is 12.1 Å². The van der Waals surface area contributed by atoms with Crippen LogP contribution in [0.15, 0.2) is 36.4 Å². The maximum atomic E-state index is 11.3. The number of nitrogens with zero attached hydrogens (tertiary/aromatic N) is 2. The third-order valence-electron chi connectivity index (χ3n) is 6.81. The van der Waals surface area contributed by atoms with Gasteiger partial charge in [-0.15, -0.1) is 0 Å². The zero-order chi connectivity index (χ0) is 21.6. The van der Waals surface area contributed by atoms with Crippen molar-refractivity contribution in [1.82, 2.24) is 0 Å². The van der Waals surface area contributed by atoms with Gasteiger partial charge in [0, 0.05) is 36.2 Å². The predicted molar refractivity (Wildman–Crippen MR) is 124 cm³/mol. The van der Waals surface area contributed by atoms with Crippen molar-refractivity contribution < 1.29 is 9.90 Å². The van der Waals surface area contributed by atoms with E-state index in [-0.39, 0.29) is 5.41 Å². The topological polar surface area (TPSA) is 43.8 Å². The highest BCUT2D eigenvalue weighted by molar-refractivity contribution is 5.88. The molecule has 0 spiro atoms. The van der Waals surface area contributed by atoms with Crippen LogP contribution in [0, 0.1) is 12.8 Å². The molecular weight excluding hydrogens is 372 g/mol. The first kappa shape index (κ1) is 20.8. The number of hydrogen-bond donors (Lipinski definition) is 1. The minimum absolute atomic E-state index is 0.140. The van der Waals surface area contributed by atoms with Gasteiger partial charge >= 0.3 is 5.97 Å². The molecule has 4 rings (SSSR count). The number of fused-ring (bicyclic) bond motifs is 1. The Morgan fingerprint density at radius 3 is 2.43 bits per heavy atom. The van der Waals surface area contributed by atoms with Gasteiger partial charge in [-0.2, -0.15) is 0 Å². The molecular formula is C26H34N2O2. The molecule has 0 amide bonds. The molecule has 1 fully saturated rings. The minimum Gasteiger partial charge on any atom is -0.478 e. The van der Waals surface area contributed by atoms with Crippen molar-refractivity contribution >= 4 is 23.0 Å². The number of aryl methyl sites for hydroxylation is 1. The van der Waals surface area contributed by atoms with E-state index in [0.29, 0.717) is 11.6 Å². The fourth-order valence-corrected chi connectivity index (χ4v) is 4.63. The van der Waals surface area contributed by atoms with Crippen molar-refractivity contribution in [2.75, 3.05) is 22.9 Å². The molecule has 4 heteroatoms. The Hall–Kier alpha value is -2.49. The van der Waals surface area contributed by atoms with Crippen molar-refractivity contribution in [3.8, 4) is 0 Å². The van der Waals surface area contributed by atoms with Gasteiger partial charge in [0.2, 0.25) is 0 Å². The quantitative estimate of drug-likeness (QED) is 0.626. The number of aromatic carboxylic acids is 1. The second-order valence-corrected chi connectivity index (χ2v) is 9.98. The van der Waals surface area contributed by atoms with Crippen molar-refractivity contribution in [1.29, 1.82) is 0 Å². The van der Waals surface area contributed by atoms with Crippen LogP contribution in [-0.4, -0.2) is 30.2 Å². The molecule has 1 saturated carbocycles. The van der Waals surface area contributed by atoms with E-state index in [1.807, 2.05) is 12.1 Å². The Kier molecular flexibility index (Phi) is 5.29. The van der Waals surface area contributed by atoms with Gasteiger partial charge in [-0.3, -0.25) is 0 Å². The fourth-order valence-electron chi connectivity index (χ4n) is 4.63. The summed E-state index contributed by atoms with van der Waals surface area (Å²) < 4.78 is 0. The highest BCUT2D eigenvalue weighted by atomic mass is 16.4. The largest absolute Gasteiger partial charge is 0.478 e. The summed E-state index contributed by atoms with van der Waals surface area (Å²) in [5.41, 5.74) is 6.87. The second-order valence-electron chi connectivity index (χ2n) is 9.98. The van der Waals surface area contributed by atoms with Gasteiger partial charge in [0.05, 0.1) is 5.56 Å². The molecule has 1 aliphatic carbocycles. The van der Waals surface area contributed by atoms with Gasteiger partial charge < -0.3 is 14.9 Å². The molecule has 2 aliphatic rings. The van der Waals surface area contributed by atoms with E-state index in [9.17, 15) is 9.90 Å². The molecule has 1 N–H and O–H groups in total. The van der Waals surface area contributed by atoms with Gasteiger partial charge in [-0.05, 0) is 98.9 Å². The molecule has 2 aromatic rings. The minimum atomic E-state index is -0.879. The lowest BCUT2D eigenvalue weighted by Crippen LogP contribution is -2.41. The third kappa shape index (κ3) is 3.92. The van der Waals surface area contributed by atoms with Crippen molar-refractivity contribution in [2.45, 2.75) is 65.3 Å². The Morgan fingerprint density at radius 1 is 1.20 bits per heavy atom. The first-order chi connectivity index (χ1) is 14.2. The summed E-state index contributed by atoms with van der Waals surface area (Å²) in [4.78, 5) is 16.2. The summed E-state index contributed by atoms with van der Waals surface area (Å²) in [6.07, 6.45) is 3.71. The van der Waals surface area contributed by atoms with Gasteiger partial charge in [-0.25, -0.2) is 4.79 Å². The van der Waals surface area contributed by atoms with Crippen LogP contribution >= 0.6 is 0 Å². The number of rotatable bonds is 6. The van der Waals surface area contributed by atoms with Gasteiger partial charge in [0.15, 0.2) is 0 Å². The zero-order valence-electron chi connectivity index (χ0n) is 18.9. The average Bonchev–Trinajstić information content (AvgIpc) is 3.50. The van der Waals surface area contributed by atoms with Crippen molar-refractivity contribution in [3.63, 3.8) is 0 Å². The molecule has 30 heavy (non-hydrogen) atoms. The van der Waals surface area contributed by atoms with Crippen LogP contribution in [0.25, 0.3) is 0 Å². The second kappa shape index (κ2) is 7.64. The molecule has 0 aromatic heterocycles. The molecule has 4 nitrogen and oxygen atoms in total. The highest BCUT2D eigenvalue weighted by Crippen LogP contribution is 2.45. The molecule has 1 heterocycles. The first-order valence-corrected chi connectivity index (χ1v) is 11.2. The lowest BCUT2D eigenvalue weighted by molar-refractivity contribution is 0.0697. The summed E-state index contributed by atoms with van der Waals surface area (Å²) in [6.45, 7) is 13.6. The molecule has 0 unspecified atom stereocenters. The Labute approximate surface area is 180 Å². The summed E-state index contributed by atoms with van der Waals surface area (Å²) in [5, 5.41) is 9.27. The van der Waals surface area contributed by atoms with Crippen LogP contribution in [0.5, 0.6) is 0 Å². The van der Waals surface area contributed by atoms with E-state index >= 15 is 0 Å². The molecule has 1 aliphatic heterocycles. The normalized spacial score (nSPS) is 17.7. The zero-order valence-corrected chi connectivity index (χ0v) is 18.9. The lowest BCUT2D eigenvalue weighted by Gasteiger charge is -2.43. The van der Waals surface area contributed by atoms with Gasteiger partial charge in [0.1, 0.15) is 0 Å². The smallest absolute Gasteiger partial charge is 0.335 e. The van der Waals surface area contributed by atoms with Crippen LogP contribution in [0.3, 0.4) is 0 Å². The fraction of sp³-hybridized carbons (Fsp3) is 0.500. The maximum absolute atomic E-state index is 11.3. The first-order valence-electron chi connectivity index (χ1n) is 11.2. The molecule has 0 atom stereocenters. The molecule has 0 bridgehead atoms. The van der Waals surface area contributed by atoms with Crippen LogP contribution in [0.4, 0.5) is 17.1 Å². The van der Waals surface area contributed by atoms with E-state index in [0.717, 1.165) is 31.1 Å². The number of benzene rings is 2. The van der Waals surface area contributed by atoms with E-state index in [2.05, 4.69) is 56.6 Å². The number of carboxylic acids is 1. The van der Waals surface area contributed by atoms with Crippen LogP contribution in [-0.2, 0) is 5.41 Å². The van der Waals surface area contributed by atoms with E-state index < -0.39 is 5.97 Å². The van der Waals surface area contributed by atoms with E-state index in [4.69, 9.17) is 0 Å². The molecule has 2 aromatic carbocycles. The third-order valence-corrected chi connectivity index (χ3v) is 6.81. The number of carbonyl (C=O) groups is 1. The van der Waals surface area contributed by atoms with Crippen LogP contribution < -0.4 is 9.80 Å². The highest BCUT2D eigenvalue weighted by Gasteiger charge is 2.34. The predicted octanol–water partition coefficient (Wildman–Crippen LogP) is 6.14. The monoisotopic (exact) mass is 406 g/mol. The lowest BCUT2D eigenvalue weighted by atomic mass is 9.76. The average molecular weight is 407 g/mol. The van der Waals surface area contributed by atoms with Crippen LogP contribution in [0.2, 0.25) is 0 Å². The SMILES string of the molecule is Cc1cc2c(cc1N(CC1CC1)c1ccc(C(=O)O)cc1)C(C)(C)CCN2C(C)C. The Bertz CT molecular complexity index is 942. The maximum Gasteiger partial charge on any atom is 0.335 e. The Balaban J connectivity index is 1.80. The Morgan fingerprint density at radius 2 is 1.87 bits per heavy atom. The molecule has 0 saturated heterocycles. The number of anilines is 3. The van der Waals surface area contributed by atoms with Crippen molar-refractivity contribution in [2.24, 2.45) is 5.92 Å². The summed E-state index contributed by atoms with van der Waals surface area (Å²) in [7, 11) is 0. The van der Waals surface area contributed by atoms with E-state index in [1.165, 1.54) is 35.3 Å². The summed E-state index contributed by atoms with van der Waals surface area (Å²) >= 11 is 0. The standard InChI is InChI=1S/C26H34N2O2/c1-17(2)27-13-12-26(4,5)22-15-23(18(3)14-24(22)27)28(16-19-6-7-19)21-10-8-20(9-11-21)25(29)30/h8-11,14-15,17,19H,6-7,12-13,16H2,1-5H3,(H,29,30). The van der Waals surface area contributed by atoms with Gasteiger partial charge in [-0.1, -0.05) is 13.8 Å². The van der Waals surface area contributed by atoms with Crippen molar-refractivity contribution in [3.05, 3.63) is 53.1 Å².